The summed E-state index contributed by atoms with van der Waals surface area (Å²) < 4.78 is 10.8. The Morgan fingerprint density at radius 2 is 1.93 bits per heavy atom. The lowest BCUT2D eigenvalue weighted by atomic mass is 10.1. The molecule has 7 nitrogen and oxygen atoms in total. The predicted molar refractivity (Wildman–Crippen MR) is 117 cm³/mol. The Kier molecular flexibility index (Phi) is 6.11. The summed E-state index contributed by atoms with van der Waals surface area (Å²) in [5.41, 5.74) is 2.23. The van der Waals surface area contributed by atoms with E-state index in [1.54, 1.807) is 24.1 Å². The van der Waals surface area contributed by atoms with Gasteiger partial charge in [0.15, 0.2) is 0 Å². The van der Waals surface area contributed by atoms with Crippen LogP contribution in [0, 0.1) is 5.92 Å². The van der Waals surface area contributed by atoms with E-state index < -0.39 is 5.92 Å². The van der Waals surface area contributed by atoms with Crippen molar-refractivity contribution in [3.63, 3.8) is 0 Å². The van der Waals surface area contributed by atoms with E-state index in [2.05, 4.69) is 10.2 Å². The molecule has 1 atom stereocenters. The predicted octanol–water partition coefficient (Wildman–Crippen LogP) is 3.18. The zero-order chi connectivity index (χ0) is 21.1. The average molecular weight is 430 g/mol. The molecule has 0 bridgehead atoms. The Bertz CT molecular complexity index is 946. The van der Waals surface area contributed by atoms with E-state index >= 15 is 0 Å². The van der Waals surface area contributed by atoms with Crippen LogP contribution in [0.15, 0.2) is 42.5 Å². The second-order valence-electron chi connectivity index (χ2n) is 7.33. The Hall–Kier alpha value is -2.77. The van der Waals surface area contributed by atoms with Gasteiger partial charge in [0.2, 0.25) is 11.8 Å². The lowest BCUT2D eigenvalue weighted by Crippen LogP contribution is -2.37. The van der Waals surface area contributed by atoms with Crippen molar-refractivity contribution in [3.8, 4) is 5.75 Å². The Morgan fingerprint density at radius 3 is 2.70 bits per heavy atom. The maximum Gasteiger partial charge on any atom is 0.229 e. The summed E-state index contributed by atoms with van der Waals surface area (Å²) in [6.45, 7) is 3.07. The third-order valence-electron chi connectivity index (χ3n) is 5.44. The summed E-state index contributed by atoms with van der Waals surface area (Å²) in [4.78, 5) is 29.4. The zero-order valence-corrected chi connectivity index (χ0v) is 17.5. The largest absolute Gasteiger partial charge is 0.495 e. The van der Waals surface area contributed by atoms with Gasteiger partial charge in [0.05, 0.1) is 43.3 Å². The van der Waals surface area contributed by atoms with Crippen LogP contribution in [0.1, 0.15) is 6.42 Å². The van der Waals surface area contributed by atoms with Gasteiger partial charge < -0.3 is 24.6 Å². The van der Waals surface area contributed by atoms with Gasteiger partial charge in [-0.25, -0.2) is 0 Å². The lowest BCUT2D eigenvalue weighted by Gasteiger charge is -2.30. The summed E-state index contributed by atoms with van der Waals surface area (Å²) in [5.74, 6) is -0.146. The monoisotopic (exact) mass is 429 g/mol. The summed E-state index contributed by atoms with van der Waals surface area (Å²) in [6, 6.07) is 12.8. The molecule has 0 saturated carbocycles. The average Bonchev–Trinajstić information content (AvgIpc) is 3.16. The first-order chi connectivity index (χ1) is 14.6. The molecule has 0 aliphatic carbocycles. The number of anilines is 3. The van der Waals surface area contributed by atoms with Gasteiger partial charge in [0.25, 0.3) is 0 Å². The van der Waals surface area contributed by atoms with Crippen molar-refractivity contribution in [3.05, 3.63) is 47.5 Å². The number of methoxy groups -OCH3 is 1. The second-order valence-corrected chi connectivity index (χ2v) is 7.76. The van der Waals surface area contributed by atoms with Gasteiger partial charge in [-0.15, -0.1) is 0 Å². The molecule has 30 heavy (non-hydrogen) atoms. The van der Waals surface area contributed by atoms with E-state index in [0.29, 0.717) is 41.9 Å². The maximum absolute atomic E-state index is 13.0. The Labute approximate surface area is 180 Å². The van der Waals surface area contributed by atoms with Crippen LogP contribution in [0.3, 0.4) is 0 Å². The number of halogens is 1. The highest BCUT2D eigenvalue weighted by atomic mass is 35.5. The molecule has 0 aromatic heterocycles. The molecule has 2 saturated heterocycles. The third-order valence-corrected chi connectivity index (χ3v) is 5.68. The van der Waals surface area contributed by atoms with Gasteiger partial charge in [-0.2, -0.15) is 0 Å². The number of rotatable bonds is 5. The van der Waals surface area contributed by atoms with Gasteiger partial charge in [0.1, 0.15) is 5.75 Å². The summed E-state index contributed by atoms with van der Waals surface area (Å²) >= 11 is 6.19. The van der Waals surface area contributed by atoms with E-state index in [-0.39, 0.29) is 18.2 Å². The normalized spacial score (nSPS) is 19.1. The molecule has 2 aromatic rings. The van der Waals surface area contributed by atoms with Gasteiger partial charge in [0, 0.05) is 31.1 Å². The molecule has 2 aromatic carbocycles. The number of carbonyl (C=O) groups excluding carboxylic acids is 2. The number of para-hydroxylation sites is 2. The van der Waals surface area contributed by atoms with Gasteiger partial charge in [-0.3, -0.25) is 9.59 Å². The topological polar surface area (TPSA) is 71.1 Å². The van der Waals surface area contributed by atoms with Crippen LogP contribution < -0.4 is 19.9 Å². The minimum Gasteiger partial charge on any atom is -0.495 e. The molecule has 2 aliphatic rings. The summed E-state index contributed by atoms with van der Waals surface area (Å²) in [6.07, 6.45) is 0.150. The lowest BCUT2D eigenvalue weighted by molar-refractivity contribution is -0.122. The molecule has 8 heteroatoms. The first-order valence-electron chi connectivity index (χ1n) is 9.93. The first-order valence-corrected chi connectivity index (χ1v) is 10.3. The number of morpholine rings is 1. The highest BCUT2D eigenvalue weighted by molar-refractivity contribution is 6.31. The Balaban J connectivity index is 1.51. The van der Waals surface area contributed by atoms with Gasteiger partial charge >= 0.3 is 0 Å². The van der Waals surface area contributed by atoms with Crippen molar-refractivity contribution in [1.82, 2.24) is 0 Å². The molecule has 1 unspecified atom stereocenters. The number of hydrogen-bond donors (Lipinski definition) is 1. The second kappa shape index (κ2) is 8.93. The number of carbonyl (C=O) groups is 2. The fourth-order valence-corrected chi connectivity index (χ4v) is 4.06. The summed E-state index contributed by atoms with van der Waals surface area (Å²) in [7, 11) is 1.57. The number of hydrogen-bond acceptors (Lipinski definition) is 5. The van der Waals surface area contributed by atoms with Crippen LogP contribution in [0.25, 0.3) is 0 Å². The van der Waals surface area contributed by atoms with E-state index in [4.69, 9.17) is 21.1 Å². The smallest absolute Gasteiger partial charge is 0.229 e. The maximum atomic E-state index is 13.0. The van der Waals surface area contributed by atoms with Gasteiger partial charge in [-0.05, 0) is 30.3 Å². The van der Waals surface area contributed by atoms with Crippen LogP contribution >= 0.6 is 11.6 Å². The standard InChI is InChI=1S/C22H24ClN3O4/c1-29-20-5-3-2-4-19(20)26-14-15(12-21(26)27)22(28)24-17-13-16(23)6-7-18(17)25-8-10-30-11-9-25/h2-7,13,15H,8-12,14H2,1H3,(H,24,28). The van der Waals surface area contributed by atoms with Crippen LogP contribution in [0.5, 0.6) is 5.75 Å². The molecular formula is C22H24ClN3O4. The van der Waals surface area contributed by atoms with E-state index in [1.165, 1.54) is 0 Å². The molecule has 2 fully saturated rings. The van der Waals surface area contributed by atoms with Crippen molar-refractivity contribution in [2.45, 2.75) is 6.42 Å². The molecule has 0 spiro atoms. The molecule has 1 N–H and O–H groups in total. The van der Waals surface area contributed by atoms with E-state index in [0.717, 1.165) is 18.8 Å². The summed E-state index contributed by atoms with van der Waals surface area (Å²) in [5, 5.41) is 3.54. The van der Waals surface area contributed by atoms with Crippen LogP contribution in [0.2, 0.25) is 5.02 Å². The van der Waals surface area contributed by atoms with Crippen LogP contribution in [0.4, 0.5) is 17.1 Å². The molecule has 2 amide bonds. The molecule has 4 rings (SSSR count). The van der Waals surface area contributed by atoms with Crippen molar-refractivity contribution in [2.75, 3.05) is 55.1 Å². The molecule has 158 valence electrons. The van der Waals surface area contributed by atoms with Crippen molar-refractivity contribution in [1.29, 1.82) is 0 Å². The third kappa shape index (κ3) is 4.22. The van der Waals surface area contributed by atoms with Crippen molar-refractivity contribution < 1.29 is 19.1 Å². The number of amides is 2. The fraction of sp³-hybridized carbons (Fsp3) is 0.364. The molecule has 2 heterocycles. The van der Waals surface area contributed by atoms with E-state index in [9.17, 15) is 9.59 Å². The first kappa shape index (κ1) is 20.5. The Morgan fingerprint density at radius 1 is 1.17 bits per heavy atom. The fourth-order valence-electron chi connectivity index (χ4n) is 3.89. The zero-order valence-electron chi connectivity index (χ0n) is 16.8. The van der Waals surface area contributed by atoms with Crippen LogP contribution in [-0.2, 0) is 14.3 Å². The SMILES string of the molecule is COc1ccccc1N1CC(C(=O)Nc2cc(Cl)ccc2N2CCOCC2)CC1=O. The molecule has 0 radical (unpaired) electrons. The minimum absolute atomic E-state index is 0.0980. The van der Waals surface area contributed by atoms with E-state index in [1.807, 2.05) is 30.3 Å². The van der Waals surface area contributed by atoms with Crippen LogP contribution in [-0.4, -0.2) is 51.8 Å². The molecular weight excluding hydrogens is 406 g/mol. The number of nitrogens with zero attached hydrogens (tertiary/aromatic N) is 2. The minimum atomic E-state index is -0.459. The van der Waals surface area contributed by atoms with Crippen molar-refractivity contribution >= 4 is 40.5 Å². The number of benzene rings is 2. The number of ether oxygens (including phenoxy) is 2. The van der Waals surface area contributed by atoms with Crippen molar-refractivity contribution in [2.24, 2.45) is 5.92 Å². The molecule has 2 aliphatic heterocycles. The quantitative estimate of drug-likeness (QED) is 0.790. The van der Waals surface area contributed by atoms with Gasteiger partial charge in [-0.1, -0.05) is 23.7 Å². The highest BCUT2D eigenvalue weighted by Crippen LogP contribution is 2.34. The highest BCUT2D eigenvalue weighted by Gasteiger charge is 2.36. The number of nitrogens with one attached hydrogen (secondary N) is 1.